The lowest BCUT2D eigenvalue weighted by Crippen LogP contribution is -2.30. The van der Waals surface area contributed by atoms with Crippen LogP contribution in [0.1, 0.15) is 46.0 Å². The van der Waals surface area contributed by atoms with Crippen molar-refractivity contribution >= 4 is 11.6 Å². The lowest BCUT2D eigenvalue weighted by atomic mass is 10.2. The van der Waals surface area contributed by atoms with Crippen LogP contribution in [-0.2, 0) is 0 Å². The maximum atomic E-state index is 12.4. The van der Waals surface area contributed by atoms with E-state index in [-0.39, 0.29) is 11.9 Å². The molecule has 3 aromatic heterocycles. The first-order valence-corrected chi connectivity index (χ1v) is 8.12. The summed E-state index contributed by atoms with van der Waals surface area (Å²) in [6, 6.07) is 4.03. The third-order valence-electron chi connectivity index (χ3n) is 4.51. The highest BCUT2D eigenvalue weighted by atomic mass is 16.1. The molecule has 3 rings (SSSR count). The molecule has 0 radical (unpaired) electrons. The molecule has 3 aromatic rings. The van der Waals surface area contributed by atoms with E-state index in [1.807, 2.05) is 48.2 Å². The van der Waals surface area contributed by atoms with Gasteiger partial charge in [0, 0.05) is 24.6 Å². The number of fused-ring (bicyclic) bond motifs is 1. The molecule has 6 heteroatoms. The van der Waals surface area contributed by atoms with Crippen molar-refractivity contribution in [3.63, 3.8) is 0 Å². The molecule has 1 N–H and O–H groups in total. The van der Waals surface area contributed by atoms with Crippen molar-refractivity contribution in [2.75, 3.05) is 6.54 Å². The van der Waals surface area contributed by atoms with E-state index < -0.39 is 0 Å². The van der Waals surface area contributed by atoms with E-state index in [2.05, 4.69) is 29.2 Å². The van der Waals surface area contributed by atoms with Gasteiger partial charge in [0.1, 0.15) is 11.3 Å². The van der Waals surface area contributed by atoms with Crippen molar-refractivity contribution in [1.82, 2.24) is 24.5 Å². The Morgan fingerprint density at radius 3 is 2.71 bits per heavy atom. The third kappa shape index (κ3) is 2.91. The van der Waals surface area contributed by atoms with Crippen LogP contribution in [0, 0.1) is 27.7 Å². The Bertz CT molecular complexity index is 906. The number of nitrogens with zero attached hydrogens (tertiary/aromatic N) is 4. The molecule has 0 fully saturated rings. The van der Waals surface area contributed by atoms with Gasteiger partial charge in [-0.2, -0.15) is 5.10 Å². The Labute approximate surface area is 141 Å². The minimum atomic E-state index is -0.165. The minimum Gasteiger partial charge on any atom is -0.349 e. The van der Waals surface area contributed by atoms with E-state index in [1.54, 1.807) is 6.20 Å². The molecule has 0 spiro atoms. The van der Waals surface area contributed by atoms with Crippen molar-refractivity contribution in [3.05, 3.63) is 52.7 Å². The Morgan fingerprint density at radius 2 is 2.04 bits per heavy atom. The molecule has 0 saturated heterocycles. The van der Waals surface area contributed by atoms with Crippen LogP contribution in [-0.4, -0.2) is 31.6 Å². The fourth-order valence-electron chi connectivity index (χ4n) is 2.78. The van der Waals surface area contributed by atoms with Gasteiger partial charge in [0.15, 0.2) is 0 Å². The van der Waals surface area contributed by atoms with Crippen molar-refractivity contribution in [2.24, 2.45) is 0 Å². The molecule has 1 unspecified atom stereocenters. The van der Waals surface area contributed by atoms with Crippen molar-refractivity contribution in [2.45, 2.75) is 40.7 Å². The van der Waals surface area contributed by atoms with E-state index in [0.717, 1.165) is 22.6 Å². The second-order valence-corrected chi connectivity index (χ2v) is 6.40. The van der Waals surface area contributed by atoms with Gasteiger partial charge in [-0.15, -0.1) is 0 Å². The Kier molecular flexibility index (Phi) is 4.13. The van der Waals surface area contributed by atoms with Gasteiger partial charge in [-0.25, -0.2) is 4.98 Å². The molecular formula is C18H23N5O. The summed E-state index contributed by atoms with van der Waals surface area (Å²) in [7, 11) is 0. The quantitative estimate of drug-likeness (QED) is 0.802. The lowest BCUT2D eigenvalue weighted by molar-refractivity contribution is 0.0943. The number of aryl methyl sites for hydroxylation is 2. The molecular weight excluding hydrogens is 302 g/mol. The lowest BCUT2D eigenvalue weighted by Gasteiger charge is -2.15. The maximum Gasteiger partial charge on any atom is 0.271 e. The highest BCUT2D eigenvalue weighted by Crippen LogP contribution is 2.16. The Morgan fingerprint density at radius 1 is 1.29 bits per heavy atom. The van der Waals surface area contributed by atoms with Crippen LogP contribution < -0.4 is 5.32 Å². The van der Waals surface area contributed by atoms with E-state index >= 15 is 0 Å². The summed E-state index contributed by atoms with van der Waals surface area (Å²) in [5.74, 6) is -0.165. The molecule has 0 aliphatic rings. The number of hydrogen-bond acceptors (Lipinski definition) is 3. The predicted molar refractivity (Wildman–Crippen MR) is 93.4 cm³/mol. The molecule has 24 heavy (non-hydrogen) atoms. The van der Waals surface area contributed by atoms with E-state index in [9.17, 15) is 4.79 Å². The summed E-state index contributed by atoms with van der Waals surface area (Å²) in [4.78, 5) is 16.8. The maximum absolute atomic E-state index is 12.4. The normalized spacial score (nSPS) is 12.5. The summed E-state index contributed by atoms with van der Waals surface area (Å²) in [5.41, 5.74) is 5.69. The monoisotopic (exact) mass is 325 g/mol. The SMILES string of the molecule is Cc1ccn2cc(C(=O)NCC(C)n3nc(C)c(C)c3C)nc2c1. The van der Waals surface area contributed by atoms with Gasteiger partial charge in [0.05, 0.1) is 11.7 Å². The second-order valence-electron chi connectivity index (χ2n) is 6.40. The van der Waals surface area contributed by atoms with E-state index in [1.165, 1.54) is 5.56 Å². The zero-order valence-corrected chi connectivity index (χ0v) is 14.8. The smallest absolute Gasteiger partial charge is 0.271 e. The van der Waals surface area contributed by atoms with Crippen molar-refractivity contribution < 1.29 is 4.79 Å². The molecule has 0 saturated carbocycles. The van der Waals surface area contributed by atoms with Crippen LogP contribution >= 0.6 is 0 Å². The largest absolute Gasteiger partial charge is 0.349 e. The van der Waals surface area contributed by atoms with Crippen LogP contribution in [0.5, 0.6) is 0 Å². The second kappa shape index (κ2) is 6.11. The number of aromatic nitrogens is 4. The number of carbonyl (C=O) groups excluding carboxylic acids is 1. The predicted octanol–water partition coefficient (Wildman–Crippen LogP) is 2.76. The molecule has 3 heterocycles. The fourth-order valence-corrected chi connectivity index (χ4v) is 2.78. The molecule has 0 aromatic carbocycles. The molecule has 0 aliphatic heterocycles. The Balaban J connectivity index is 1.70. The highest BCUT2D eigenvalue weighted by molar-refractivity contribution is 5.92. The van der Waals surface area contributed by atoms with Crippen molar-refractivity contribution in [3.8, 4) is 0 Å². The first kappa shape index (κ1) is 16.2. The molecule has 126 valence electrons. The molecule has 1 atom stereocenters. The van der Waals surface area contributed by atoms with Crippen LogP contribution in [0.2, 0.25) is 0 Å². The van der Waals surface area contributed by atoms with Crippen LogP contribution in [0.15, 0.2) is 24.5 Å². The minimum absolute atomic E-state index is 0.0839. The number of carbonyl (C=O) groups is 1. The van der Waals surface area contributed by atoms with E-state index in [0.29, 0.717) is 12.2 Å². The number of rotatable bonds is 4. The summed E-state index contributed by atoms with van der Waals surface area (Å²) >= 11 is 0. The van der Waals surface area contributed by atoms with Gasteiger partial charge in [-0.3, -0.25) is 9.48 Å². The molecule has 1 amide bonds. The van der Waals surface area contributed by atoms with Gasteiger partial charge in [-0.05, 0) is 57.9 Å². The van der Waals surface area contributed by atoms with E-state index in [4.69, 9.17) is 0 Å². The van der Waals surface area contributed by atoms with Crippen LogP contribution in [0.4, 0.5) is 0 Å². The van der Waals surface area contributed by atoms with Gasteiger partial charge >= 0.3 is 0 Å². The number of pyridine rings is 1. The number of nitrogens with one attached hydrogen (secondary N) is 1. The zero-order chi connectivity index (χ0) is 17.4. The van der Waals surface area contributed by atoms with Gasteiger partial charge < -0.3 is 9.72 Å². The average Bonchev–Trinajstić information content (AvgIpc) is 3.08. The number of amides is 1. The zero-order valence-electron chi connectivity index (χ0n) is 14.8. The van der Waals surface area contributed by atoms with Gasteiger partial charge in [0.25, 0.3) is 5.91 Å². The van der Waals surface area contributed by atoms with Gasteiger partial charge in [-0.1, -0.05) is 0 Å². The first-order chi connectivity index (χ1) is 11.4. The topological polar surface area (TPSA) is 64.2 Å². The summed E-state index contributed by atoms with van der Waals surface area (Å²) in [6.45, 7) is 10.7. The summed E-state index contributed by atoms with van der Waals surface area (Å²) < 4.78 is 3.83. The first-order valence-electron chi connectivity index (χ1n) is 8.12. The highest BCUT2D eigenvalue weighted by Gasteiger charge is 2.16. The Hall–Kier alpha value is -2.63. The third-order valence-corrected chi connectivity index (χ3v) is 4.51. The number of imidazole rings is 1. The summed E-state index contributed by atoms with van der Waals surface area (Å²) in [6.07, 6.45) is 3.66. The molecule has 0 aliphatic carbocycles. The fraction of sp³-hybridized carbons (Fsp3) is 0.389. The summed E-state index contributed by atoms with van der Waals surface area (Å²) in [5, 5.41) is 7.50. The standard InChI is InChI=1S/C18H23N5O/c1-11-6-7-22-10-16(20-17(22)8-11)18(24)19-9-12(2)23-15(5)13(3)14(4)21-23/h6-8,10,12H,9H2,1-5H3,(H,19,24). The number of hydrogen-bond donors (Lipinski definition) is 1. The van der Waals surface area contributed by atoms with Crippen LogP contribution in [0.3, 0.4) is 0 Å². The molecule has 0 bridgehead atoms. The van der Waals surface area contributed by atoms with Gasteiger partial charge in [0.2, 0.25) is 0 Å². The average molecular weight is 325 g/mol. The van der Waals surface area contributed by atoms with Crippen LogP contribution in [0.25, 0.3) is 5.65 Å². The molecule has 6 nitrogen and oxygen atoms in total. The van der Waals surface area contributed by atoms with Crippen molar-refractivity contribution in [1.29, 1.82) is 0 Å².